The number of aliphatic hydroxyl groups excluding tert-OH is 1. The van der Waals surface area contributed by atoms with Crippen LogP contribution >= 0.6 is 0 Å². The number of halogens is 2. The first kappa shape index (κ1) is 16.0. The van der Waals surface area contributed by atoms with Crippen LogP contribution in [0.2, 0.25) is 0 Å². The van der Waals surface area contributed by atoms with E-state index in [2.05, 4.69) is 15.9 Å². The molecule has 0 amide bonds. The Morgan fingerprint density at radius 3 is 2.75 bits per heavy atom. The normalized spacial score (nSPS) is 12.1. The van der Waals surface area contributed by atoms with Crippen LogP contribution < -0.4 is 0 Å². The van der Waals surface area contributed by atoms with Gasteiger partial charge >= 0.3 is 0 Å². The zero-order valence-corrected chi connectivity index (χ0v) is 12.9. The van der Waals surface area contributed by atoms with Crippen LogP contribution in [0.1, 0.15) is 11.1 Å². The Morgan fingerprint density at radius 2 is 2.00 bits per heavy atom. The van der Waals surface area contributed by atoms with Gasteiger partial charge in [-0.25, -0.2) is 18.7 Å². The summed E-state index contributed by atoms with van der Waals surface area (Å²) in [6.07, 6.45) is 5.32. The van der Waals surface area contributed by atoms with Crippen molar-refractivity contribution in [2.24, 2.45) is 0 Å². The third kappa shape index (κ3) is 2.97. The van der Waals surface area contributed by atoms with E-state index in [1.807, 2.05) is 25.1 Å². The zero-order chi connectivity index (χ0) is 17.3. The van der Waals surface area contributed by atoms with Gasteiger partial charge in [0.1, 0.15) is 6.10 Å². The molecule has 5 heteroatoms. The van der Waals surface area contributed by atoms with Crippen LogP contribution in [0.25, 0.3) is 22.3 Å². The van der Waals surface area contributed by atoms with Crippen LogP contribution in [-0.4, -0.2) is 21.2 Å². The first-order valence-corrected chi connectivity index (χ1v) is 7.34. The number of aryl methyl sites for hydroxylation is 1. The standard InChI is InChI=1S/C19H14F2N2O/c1-3-14(24)9-12-5-6-15(18(21)17(12)20)19-22-10-13-8-11(2)4-7-16(13)23-19/h1,4-8,10,14,24H,9H2,2H3. The third-order valence-electron chi connectivity index (χ3n) is 3.74. The van der Waals surface area contributed by atoms with Gasteiger partial charge in [-0.2, -0.15) is 0 Å². The molecule has 0 bridgehead atoms. The zero-order valence-electron chi connectivity index (χ0n) is 12.9. The summed E-state index contributed by atoms with van der Waals surface area (Å²) in [6.45, 7) is 1.95. The fourth-order valence-electron chi connectivity index (χ4n) is 2.47. The molecule has 3 nitrogen and oxygen atoms in total. The van der Waals surface area contributed by atoms with Crippen molar-refractivity contribution in [1.82, 2.24) is 9.97 Å². The number of aromatic nitrogens is 2. The minimum atomic E-state index is -1.16. The highest BCUT2D eigenvalue weighted by atomic mass is 19.2. The molecule has 1 atom stereocenters. The van der Waals surface area contributed by atoms with E-state index in [1.54, 1.807) is 6.20 Å². The van der Waals surface area contributed by atoms with E-state index in [9.17, 15) is 13.9 Å². The maximum absolute atomic E-state index is 14.4. The SMILES string of the molecule is C#CC(O)Cc1ccc(-c2ncc3cc(C)ccc3n2)c(F)c1F. The average Bonchev–Trinajstić information content (AvgIpc) is 2.58. The van der Waals surface area contributed by atoms with E-state index in [0.717, 1.165) is 10.9 Å². The fourth-order valence-corrected chi connectivity index (χ4v) is 2.47. The van der Waals surface area contributed by atoms with Gasteiger partial charge in [0, 0.05) is 18.0 Å². The lowest BCUT2D eigenvalue weighted by atomic mass is 10.0. The Bertz CT molecular complexity index is 963. The first-order valence-electron chi connectivity index (χ1n) is 7.34. The van der Waals surface area contributed by atoms with E-state index in [1.165, 1.54) is 12.1 Å². The molecule has 0 spiro atoms. The second kappa shape index (κ2) is 6.34. The predicted octanol–water partition coefficient (Wildman–Crippen LogP) is 3.42. The Labute approximate surface area is 138 Å². The first-order chi connectivity index (χ1) is 11.5. The van der Waals surface area contributed by atoms with Crippen molar-refractivity contribution >= 4 is 10.9 Å². The number of rotatable bonds is 3. The van der Waals surface area contributed by atoms with Crippen LogP contribution in [0.3, 0.4) is 0 Å². The average molecular weight is 324 g/mol. The summed E-state index contributed by atoms with van der Waals surface area (Å²) in [5.41, 5.74) is 1.69. The van der Waals surface area contributed by atoms with Crippen molar-refractivity contribution in [1.29, 1.82) is 0 Å². The minimum Gasteiger partial charge on any atom is -0.380 e. The third-order valence-corrected chi connectivity index (χ3v) is 3.74. The molecule has 1 N–H and O–H groups in total. The molecular weight excluding hydrogens is 310 g/mol. The number of nitrogens with zero attached hydrogens (tertiary/aromatic N) is 2. The number of benzene rings is 2. The van der Waals surface area contributed by atoms with Crippen LogP contribution in [0.4, 0.5) is 8.78 Å². The van der Waals surface area contributed by atoms with E-state index in [4.69, 9.17) is 6.42 Å². The van der Waals surface area contributed by atoms with Crippen molar-refractivity contribution in [2.45, 2.75) is 19.4 Å². The van der Waals surface area contributed by atoms with E-state index >= 15 is 0 Å². The van der Waals surface area contributed by atoms with Crippen LogP contribution in [0, 0.1) is 30.9 Å². The van der Waals surface area contributed by atoms with E-state index in [-0.39, 0.29) is 23.4 Å². The van der Waals surface area contributed by atoms with Crippen molar-refractivity contribution in [3.8, 4) is 23.7 Å². The summed E-state index contributed by atoms with van der Waals surface area (Å²) in [6, 6.07) is 8.39. The maximum atomic E-state index is 14.4. The Kier molecular flexibility index (Phi) is 4.24. The van der Waals surface area contributed by atoms with Gasteiger partial charge in [-0.15, -0.1) is 6.42 Å². The molecule has 0 aliphatic rings. The highest BCUT2D eigenvalue weighted by Gasteiger charge is 2.18. The Hall–Kier alpha value is -2.84. The van der Waals surface area contributed by atoms with E-state index in [0.29, 0.717) is 5.52 Å². The molecule has 0 radical (unpaired) electrons. The summed E-state index contributed by atoms with van der Waals surface area (Å²) in [5, 5.41) is 10.2. The quantitative estimate of drug-likeness (QED) is 0.751. The number of terminal acetylenes is 1. The molecule has 0 aliphatic heterocycles. The largest absolute Gasteiger partial charge is 0.380 e. The monoisotopic (exact) mass is 324 g/mol. The molecular formula is C19H14F2N2O. The molecule has 0 aliphatic carbocycles. The fraction of sp³-hybridized carbons (Fsp3) is 0.158. The van der Waals surface area contributed by atoms with Crippen molar-refractivity contribution in [3.63, 3.8) is 0 Å². The number of hydrogen-bond donors (Lipinski definition) is 1. The second-order valence-corrected chi connectivity index (χ2v) is 5.54. The van der Waals surface area contributed by atoms with Gasteiger partial charge < -0.3 is 5.11 Å². The minimum absolute atomic E-state index is 0.0121. The lowest BCUT2D eigenvalue weighted by molar-refractivity contribution is 0.231. The summed E-state index contributed by atoms with van der Waals surface area (Å²) in [7, 11) is 0. The van der Waals surface area contributed by atoms with Gasteiger partial charge in [-0.1, -0.05) is 23.6 Å². The molecule has 2 aromatic carbocycles. The smallest absolute Gasteiger partial charge is 0.170 e. The second-order valence-electron chi connectivity index (χ2n) is 5.54. The highest BCUT2D eigenvalue weighted by Crippen LogP contribution is 2.26. The highest BCUT2D eigenvalue weighted by molar-refractivity contribution is 5.80. The van der Waals surface area contributed by atoms with Crippen molar-refractivity contribution in [3.05, 3.63) is 59.3 Å². The molecule has 0 saturated carbocycles. The molecule has 3 rings (SSSR count). The molecule has 3 aromatic rings. The van der Waals surface area contributed by atoms with Gasteiger partial charge in [0.15, 0.2) is 17.5 Å². The lowest BCUT2D eigenvalue weighted by Gasteiger charge is -2.09. The number of hydrogen-bond acceptors (Lipinski definition) is 3. The molecule has 0 fully saturated rings. The molecule has 1 heterocycles. The number of fused-ring (bicyclic) bond motifs is 1. The molecule has 120 valence electrons. The van der Waals surface area contributed by atoms with Gasteiger partial charge in [0.05, 0.1) is 11.1 Å². The molecule has 24 heavy (non-hydrogen) atoms. The maximum Gasteiger partial charge on any atom is 0.170 e. The molecule has 0 saturated heterocycles. The summed E-state index contributed by atoms with van der Waals surface area (Å²) in [5.74, 6) is 0.0768. The Balaban J connectivity index is 2.05. The molecule has 1 unspecified atom stereocenters. The van der Waals surface area contributed by atoms with Gasteiger partial charge in [-0.3, -0.25) is 0 Å². The van der Waals surface area contributed by atoms with Gasteiger partial charge in [0.2, 0.25) is 0 Å². The Morgan fingerprint density at radius 1 is 1.21 bits per heavy atom. The van der Waals surface area contributed by atoms with Crippen LogP contribution in [0.5, 0.6) is 0 Å². The topological polar surface area (TPSA) is 46.0 Å². The summed E-state index contributed by atoms with van der Waals surface area (Å²) >= 11 is 0. The summed E-state index contributed by atoms with van der Waals surface area (Å²) in [4.78, 5) is 8.42. The predicted molar refractivity (Wildman–Crippen MR) is 88.2 cm³/mol. The number of aliphatic hydroxyl groups is 1. The van der Waals surface area contributed by atoms with Crippen LogP contribution in [-0.2, 0) is 6.42 Å². The van der Waals surface area contributed by atoms with Gasteiger partial charge in [0.25, 0.3) is 0 Å². The van der Waals surface area contributed by atoms with Gasteiger partial charge in [-0.05, 0) is 30.7 Å². The van der Waals surface area contributed by atoms with Crippen molar-refractivity contribution in [2.75, 3.05) is 0 Å². The van der Waals surface area contributed by atoms with E-state index < -0.39 is 17.7 Å². The molecule has 1 aromatic heterocycles. The van der Waals surface area contributed by atoms with Crippen molar-refractivity contribution < 1.29 is 13.9 Å². The lowest BCUT2D eigenvalue weighted by Crippen LogP contribution is -2.10. The summed E-state index contributed by atoms with van der Waals surface area (Å²) < 4.78 is 28.6. The van der Waals surface area contributed by atoms with Crippen LogP contribution in [0.15, 0.2) is 36.5 Å².